The maximum Gasteiger partial charge on any atom is 0.251 e. The molecule has 0 aromatic carbocycles. The Morgan fingerprint density at radius 2 is 2.10 bits per heavy atom. The van der Waals surface area contributed by atoms with Crippen LogP contribution in [0, 0.1) is 0 Å². The van der Waals surface area contributed by atoms with Crippen LogP contribution in [0.4, 0.5) is 0 Å². The van der Waals surface area contributed by atoms with Crippen molar-refractivity contribution in [1.29, 1.82) is 0 Å². The van der Waals surface area contributed by atoms with Gasteiger partial charge in [-0.05, 0) is 34.9 Å². The third-order valence-electron chi connectivity index (χ3n) is 3.78. The van der Waals surface area contributed by atoms with Crippen molar-refractivity contribution in [3.63, 3.8) is 0 Å². The fraction of sp³-hybridized carbons (Fsp3) is 0.733. The molecule has 1 atom stereocenters. The molecule has 1 aliphatic rings. The maximum atomic E-state index is 11.9. The lowest BCUT2D eigenvalue weighted by Gasteiger charge is -2.37. The minimum absolute atomic E-state index is 0.00624. The summed E-state index contributed by atoms with van der Waals surface area (Å²) >= 11 is 0. The summed E-state index contributed by atoms with van der Waals surface area (Å²) in [6, 6.07) is 1.72. The lowest BCUT2D eigenvalue weighted by molar-refractivity contribution is 0.109. The lowest BCUT2D eigenvalue weighted by atomic mass is 10.1. The van der Waals surface area contributed by atoms with Crippen LogP contribution in [0.2, 0.25) is 0 Å². The molecule has 2 rings (SSSR count). The van der Waals surface area contributed by atoms with Gasteiger partial charge in [-0.1, -0.05) is 0 Å². The molecule has 2 heterocycles. The van der Waals surface area contributed by atoms with Crippen molar-refractivity contribution >= 4 is 0 Å². The fourth-order valence-electron chi connectivity index (χ4n) is 2.44. The average Bonchev–Trinajstić information content (AvgIpc) is 2.38. The molecule has 118 valence electrons. The third kappa shape index (κ3) is 4.62. The van der Waals surface area contributed by atoms with E-state index >= 15 is 0 Å². The van der Waals surface area contributed by atoms with Crippen LogP contribution in [0.5, 0.6) is 0 Å². The number of nitrogens with zero attached hydrogens (tertiary/aromatic N) is 3. The molecule has 1 aromatic heterocycles. The molecule has 1 aliphatic heterocycles. The molecule has 6 heteroatoms. The SMILES string of the molecule is CN1CCN(C)C(c2nc(CNC(C)(C)C)cc(=O)[nH]2)C1. The Labute approximate surface area is 126 Å². The van der Waals surface area contributed by atoms with Gasteiger partial charge in [0.15, 0.2) is 0 Å². The summed E-state index contributed by atoms with van der Waals surface area (Å²) in [5.41, 5.74) is 0.726. The second kappa shape index (κ2) is 6.25. The average molecular weight is 293 g/mol. The topological polar surface area (TPSA) is 64.3 Å². The van der Waals surface area contributed by atoms with E-state index in [1.807, 2.05) is 0 Å². The van der Waals surface area contributed by atoms with Crippen LogP contribution in [-0.4, -0.2) is 59.0 Å². The van der Waals surface area contributed by atoms with Gasteiger partial charge in [0, 0.05) is 37.8 Å². The monoisotopic (exact) mass is 293 g/mol. The van der Waals surface area contributed by atoms with Crippen molar-refractivity contribution in [3.05, 3.63) is 27.9 Å². The van der Waals surface area contributed by atoms with Gasteiger partial charge in [-0.15, -0.1) is 0 Å². The summed E-state index contributed by atoms with van der Waals surface area (Å²) in [6.07, 6.45) is 0. The molecule has 1 unspecified atom stereocenters. The van der Waals surface area contributed by atoms with E-state index < -0.39 is 0 Å². The molecule has 1 saturated heterocycles. The van der Waals surface area contributed by atoms with E-state index in [1.165, 1.54) is 0 Å². The van der Waals surface area contributed by atoms with Gasteiger partial charge in [0.2, 0.25) is 0 Å². The van der Waals surface area contributed by atoms with E-state index in [9.17, 15) is 4.79 Å². The first-order valence-electron chi connectivity index (χ1n) is 7.48. The quantitative estimate of drug-likeness (QED) is 0.853. The van der Waals surface area contributed by atoms with E-state index in [1.54, 1.807) is 6.07 Å². The van der Waals surface area contributed by atoms with Crippen LogP contribution in [0.1, 0.15) is 38.3 Å². The van der Waals surface area contributed by atoms with Crippen molar-refractivity contribution in [3.8, 4) is 0 Å². The first kappa shape index (κ1) is 16.1. The van der Waals surface area contributed by atoms with Crippen molar-refractivity contribution in [2.75, 3.05) is 33.7 Å². The van der Waals surface area contributed by atoms with Gasteiger partial charge in [0.25, 0.3) is 5.56 Å². The molecule has 0 aliphatic carbocycles. The second-order valence-corrected chi connectivity index (χ2v) is 6.98. The molecule has 0 amide bonds. The minimum atomic E-state index is -0.0765. The summed E-state index contributed by atoms with van der Waals surface area (Å²) < 4.78 is 0. The molecule has 2 N–H and O–H groups in total. The standard InChI is InChI=1S/C15H27N5O/c1-15(2,3)16-9-11-8-13(21)18-14(17-11)12-10-19(4)6-7-20(12)5/h8,12,16H,6-7,9-10H2,1-5H3,(H,17,18,21). The molecule has 0 saturated carbocycles. The van der Waals surface area contributed by atoms with Crippen LogP contribution >= 0.6 is 0 Å². The van der Waals surface area contributed by atoms with Crippen molar-refractivity contribution < 1.29 is 0 Å². The number of aromatic nitrogens is 2. The van der Waals surface area contributed by atoms with Gasteiger partial charge in [0.05, 0.1) is 11.7 Å². The molecule has 1 aromatic rings. The summed E-state index contributed by atoms with van der Waals surface area (Å²) in [4.78, 5) is 24.0. The highest BCUT2D eigenvalue weighted by atomic mass is 16.1. The lowest BCUT2D eigenvalue weighted by Crippen LogP contribution is -2.46. The molecule has 0 radical (unpaired) electrons. The normalized spacial score (nSPS) is 21.7. The number of hydrogen-bond acceptors (Lipinski definition) is 5. The summed E-state index contributed by atoms with van der Waals surface area (Å²) in [7, 11) is 4.18. The first-order valence-corrected chi connectivity index (χ1v) is 7.48. The largest absolute Gasteiger partial charge is 0.309 e. The Morgan fingerprint density at radius 3 is 2.76 bits per heavy atom. The van der Waals surface area contributed by atoms with E-state index in [-0.39, 0.29) is 17.1 Å². The molecule has 21 heavy (non-hydrogen) atoms. The number of aromatic amines is 1. The van der Waals surface area contributed by atoms with Gasteiger partial charge in [-0.25, -0.2) is 4.98 Å². The van der Waals surface area contributed by atoms with Crippen molar-refractivity contribution in [1.82, 2.24) is 25.1 Å². The summed E-state index contributed by atoms with van der Waals surface area (Å²) in [5.74, 6) is 0.766. The maximum absolute atomic E-state index is 11.9. The van der Waals surface area contributed by atoms with Crippen molar-refractivity contribution in [2.45, 2.75) is 38.9 Å². The Morgan fingerprint density at radius 1 is 1.38 bits per heavy atom. The van der Waals surface area contributed by atoms with Gasteiger partial charge in [-0.2, -0.15) is 0 Å². The fourth-order valence-corrected chi connectivity index (χ4v) is 2.44. The number of likely N-dealkylation sites (N-methyl/N-ethyl adjacent to an activating group) is 2. The smallest absolute Gasteiger partial charge is 0.251 e. The summed E-state index contributed by atoms with van der Waals surface area (Å²) in [6.45, 7) is 9.82. The second-order valence-electron chi connectivity index (χ2n) is 6.98. The van der Waals surface area contributed by atoms with Crippen LogP contribution in [0.25, 0.3) is 0 Å². The Bertz CT molecular complexity index is 534. The van der Waals surface area contributed by atoms with Crippen LogP contribution in [0.15, 0.2) is 10.9 Å². The van der Waals surface area contributed by atoms with E-state index in [0.29, 0.717) is 6.54 Å². The van der Waals surface area contributed by atoms with E-state index in [2.05, 4.69) is 60.0 Å². The highest BCUT2D eigenvalue weighted by Crippen LogP contribution is 2.19. The van der Waals surface area contributed by atoms with Gasteiger partial charge >= 0.3 is 0 Å². The van der Waals surface area contributed by atoms with E-state index in [4.69, 9.17) is 0 Å². The highest BCUT2D eigenvalue weighted by Gasteiger charge is 2.26. The van der Waals surface area contributed by atoms with Gasteiger partial charge < -0.3 is 15.2 Å². The van der Waals surface area contributed by atoms with Crippen LogP contribution in [-0.2, 0) is 6.54 Å². The van der Waals surface area contributed by atoms with Crippen LogP contribution in [0.3, 0.4) is 0 Å². The molecule has 0 bridgehead atoms. The molecule has 6 nitrogen and oxygen atoms in total. The minimum Gasteiger partial charge on any atom is -0.309 e. The third-order valence-corrected chi connectivity index (χ3v) is 3.78. The Hall–Kier alpha value is -1.24. The Kier molecular flexibility index (Phi) is 4.81. The highest BCUT2D eigenvalue weighted by molar-refractivity contribution is 5.07. The molecule has 1 fully saturated rings. The molecular weight excluding hydrogens is 266 g/mol. The van der Waals surface area contributed by atoms with Gasteiger partial charge in [-0.3, -0.25) is 9.69 Å². The number of rotatable bonds is 3. The van der Waals surface area contributed by atoms with Crippen LogP contribution < -0.4 is 10.9 Å². The summed E-state index contributed by atoms with van der Waals surface area (Å²) in [5, 5.41) is 3.38. The number of hydrogen-bond donors (Lipinski definition) is 2. The molecular formula is C15H27N5O. The number of piperazine rings is 1. The van der Waals surface area contributed by atoms with Gasteiger partial charge in [0.1, 0.15) is 5.82 Å². The predicted octanol–water partition coefficient (Wildman–Crippen LogP) is 0.576. The number of H-pyrrole nitrogens is 1. The zero-order chi connectivity index (χ0) is 15.6. The molecule has 0 spiro atoms. The number of nitrogens with one attached hydrogen (secondary N) is 2. The predicted molar refractivity (Wildman–Crippen MR) is 84.3 cm³/mol. The first-order chi connectivity index (χ1) is 9.74. The zero-order valence-corrected chi connectivity index (χ0v) is 13.7. The zero-order valence-electron chi connectivity index (χ0n) is 13.7. The van der Waals surface area contributed by atoms with Crippen molar-refractivity contribution in [2.24, 2.45) is 0 Å². The van der Waals surface area contributed by atoms with E-state index in [0.717, 1.165) is 31.2 Å². The Balaban J connectivity index is 2.20.